The third-order valence-corrected chi connectivity index (χ3v) is 4.91. The normalized spacial score (nSPS) is 23.9. The molecule has 104 valence electrons. The quantitative estimate of drug-likeness (QED) is 0.887. The second-order valence-corrected chi connectivity index (χ2v) is 6.84. The topological polar surface area (TPSA) is 49.8 Å². The number of hydrogen-bond donors (Lipinski definition) is 2. The Morgan fingerprint density at radius 2 is 2.20 bits per heavy atom. The molecule has 0 radical (unpaired) electrons. The van der Waals surface area contributed by atoms with Crippen LogP contribution < -0.4 is 10.6 Å². The van der Waals surface area contributed by atoms with Crippen molar-refractivity contribution in [3.05, 3.63) is 29.0 Å². The highest BCUT2D eigenvalue weighted by atomic mass is 79.9. The molecule has 0 bridgehead atoms. The number of nitrogens with zero attached hydrogens (tertiary/aromatic N) is 2. The van der Waals surface area contributed by atoms with Crippen LogP contribution in [0, 0.1) is 0 Å². The molecular weight excluding hydrogens is 316 g/mol. The molecule has 20 heavy (non-hydrogen) atoms. The van der Waals surface area contributed by atoms with E-state index < -0.39 is 0 Å². The van der Waals surface area contributed by atoms with Gasteiger partial charge in [-0.25, -0.2) is 9.97 Å². The predicted molar refractivity (Wildman–Crippen MR) is 83.9 cm³/mol. The molecule has 2 aliphatic rings. The largest absolute Gasteiger partial charge is 0.367 e. The third-order valence-electron chi connectivity index (χ3n) is 4.42. The van der Waals surface area contributed by atoms with Crippen molar-refractivity contribution in [1.82, 2.24) is 15.3 Å². The average Bonchev–Trinajstić information content (AvgIpc) is 3.18. The van der Waals surface area contributed by atoms with Crippen LogP contribution in [-0.4, -0.2) is 28.1 Å². The maximum Gasteiger partial charge on any atom is 0.137 e. The number of aromatic nitrogens is 2. The number of fused-ring (bicyclic) bond motifs is 1. The van der Waals surface area contributed by atoms with E-state index in [9.17, 15) is 0 Å². The summed E-state index contributed by atoms with van der Waals surface area (Å²) >= 11 is 3.53. The fraction of sp³-hybridized carbons (Fsp3) is 0.467. The molecule has 1 unspecified atom stereocenters. The van der Waals surface area contributed by atoms with E-state index in [1.54, 1.807) is 6.33 Å². The molecule has 2 heterocycles. The van der Waals surface area contributed by atoms with Crippen LogP contribution in [0.3, 0.4) is 0 Å². The van der Waals surface area contributed by atoms with Gasteiger partial charge in [-0.1, -0.05) is 15.9 Å². The SMILES string of the molecule is Brc1ccc2ncnc(NC3CCNC4(CC4)C3)c2c1. The van der Waals surface area contributed by atoms with E-state index in [-0.39, 0.29) is 0 Å². The van der Waals surface area contributed by atoms with Gasteiger partial charge >= 0.3 is 0 Å². The minimum atomic E-state index is 0.430. The Balaban J connectivity index is 1.63. The molecule has 1 atom stereocenters. The van der Waals surface area contributed by atoms with Crippen molar-refractivity contribution in [2.45, 2.75) is 37.3 Å². The van der Waals surface area contributed by atoms with Gasteiger partial charge in [0.1, 0.15) is 12.1 Å². The van der Waals surface area contributed by atoms with Crippen molar-refractivity contribution in [2.24, 2.45) is 0 Å². The summed E-state index contributed by atoms with van der Waals surface area (Å²) in [7, 11) is 0. The first-order valence-corrected chi connectivity index (χ1v) is 7.95. The molecule has 1 aromatic carbocycles. The summed E-state index contributed by atoms with van der Waals surface area (Å²) in [6, 6.07) is 6.64. The molecule has 1 saturated carbocycles. The van der Waals surface area contributed by atoms with Gasteiger partial charge in [-0.3, -0.25) is 0 Å². The van der Waals surface area contributed by atoms with Gasteiger partial charge in [0.25, 0.3) is 0 Å². The van der Waals surface area contributed by atoms with Crippen LogP contribution in [0.1, 0.15) is 25.7 Å². The molecule has 1 aromatic heterocycles. The van der Waals surface area contributed by atoms with Gasteiger partial charge in [0.05, 0.1) is 5.52 Å². The first kappa shape index (κ1) is 12.5. The number of nitrogens with one attached hydrogen (secondary N) is 2. The molecule has 2 aromatic rings. The van der Waals surface area contributed by atoms with Crippen molar-refractivity contribution in [2.75, 3.05) is 11.9 Å². The molecule has 1 aliphatic heterocycles. The highest BCUT2D eigenvalue weighted by Gasteiger charge is 2.45. The van der Waals surface area contributed by atoms with E-state index in [0.29, 0.717) is 11.6 Å². The van der Waals surface area contributed by atoms with E-state index in [0.717, 1.165) is 34.2 Å². The minimum absolute atomic E-state index is 0.430. The number of halogens is 1. The second-order valence-electron chi connectivity index (χ2n) is 5.92. The van der Waals surface area contributed by atoms with Crippen molar-refractivity contribution in [3.8, 4) is 0 Å². The summed E-state index contributed by atoms with van der Waals surface area (Å²) < 4.78 is 1.06. The second kappa shape index (κ2) is 4.67. The number of hydrogen-bond acceptors (Lipinski definition) is 4. The van der Waals surface area contributed by atoms with E-state index >= 15 is 0 Å². The zero-order valence-corrected chi connectivity index (χ0v) is 12.8. The molecule has 4 rings (SSSR count). The summed E-state index contributed by atoms with van der Waals surface area (Å²) in [5.41, 5.74) is 1.42. The molecular formula is C15H17BrN4. The van der Waals surface area contributed by atoms with Crippen molar-refractivity contribution in [1.29, 1.82) is 0 Å². The first-order valence-electron chi connectivity index (χ1n) is 7.16. The fourth-order valence-corrected chi connectivity index (χ4v) is 3.51. The Kier molecular flexibility index (Phi) is 2.93. The van der Waals surface area contributed by atoms with Crippen LogP contribution in [0.4, 0.5) is 5.82 Å². The Bertz CT molecular complexity index is 653. The summed E-state index contributed by atoms with van der Waals surface area (Å²) in [5, 5.41) is 8.37. The standard InChI is InChI=1S/C15H17BrN4/c16-10-1-2-13-12(7-10)14(18-9-17-13)20-11-3-6-19-15(8-11)4-5-15/h1-2,7,9,11,19H,3-6,8H2,(H,17,18,20). The van der Waals surface area contributed by atoms with Crippen molar-refractivity contribution >= 4 is 32.7 Å². The lowest BCUT2D eigenvalue weighted by molar-refractivity contribution is 0.359. The number of rotatable bonds is 2. The van der Waals surface area contributed by atoms with Crippen LogP contribution >= 0.6 is 15.9 Å². The van der Waals surface area contributed by atoms with Gasteiger partial charge in [0.2, 0.25) is 0 Å². The fourth-order valence-electron chi connectivity index (χ4n) is 3.15. The van der Waals surface area contributed by atoms with Gasteiger partial charge in [-0.05, 0) is 50.4 Å². The van der Waals surface area contributed by atoms with Gasteiger partial charge in [0, 0.05) is 21.4 Å². The van der Waals surface area contributed by atoms with E-state index in [1.807, 2.05) is 12.1 Å². The van der Waals surface area contributed by atoms with E-state index in [2.05, 4.69) is 42.6 Å². The lowest BCUT2D eigenvalue weighted by Crippen LogP contribution is -2.45. The van der Waals surface area contributed by atoms with Crippen molar-refractivity contribution in [3.63, 3.8) is 0 Å². The number of anilines is 1. The zero-order chi connectivity index (χ0) is 13.6. The maximum absolute atomic E-state index is 4.45. The van der Waals surface area contributed by atoms with E-state index in [4.69, 9.17) is 0 Å². The molecule has 0 amide bonds. The third kappa shape index (κ3) is 2.29. The molecule has 2 fully saturated rings. The Hall–Kier alpha value is -1.20. The predicted octanol–water partition coefficient (Wildman–Crippen LogP) is 3.09. The van der Waals surface area contributed by atoms with Gasteiger partial charge < -0.3 is 10.6 Å². The zero-order valence-electron chi connectivity index (χ0n) is 11.2. The van der Waals surface area contributed by atoms with Crippen LogP contribution in [0.15, 0.2) is 29.0 Å². The molecule has 1 spiro atoms. The molecule has 5 heteroatoms. The number of benzene rings is 1. The van der Waals surface area contributed by atoms with Crippen molar-refractivity contribution < 1.29 is 0 Å². The number of piperidine rings is 1. The first-order chi connectivity index (χ1) is 9.74. The highest BCUT2D eigenvalue weighted by Crippen LogP contribution is 2.42. The summed E-state index contributed by atoms with van der Waals surface area (Å²) in [6.07, 6.45) is 6.64. The highest BCUT2D eigenvalue weighted by molar-refractivity contribution is 9.10. The lowest BCUT2D eigenvalue weighted by Gasteiger charge is -2.31. The molecule has 2 N–H and O–H groups in total. The Morgan fingerprint density at radius 1 is 1.30 bits per heavy atom. The lowest BCUT2D eigenvalue weighted by atomic mass is 9.97. The van der Waals surface area contributed by atoms with E-state index in [1.165, 1.54) is 19.3 Å². The maximum atomic E-state index is 4.45. The Morgan fingerprint density at radius 3 is 3.05 bits per heavy atom. The van der Waals surface area contributed by atoms with Crippen LogP contribution in [0.25, 0.3) is 10.9 Å². The summed E-state index contributed by atoms with van der Waals surface area (Å²) in [5.74, 6) is 0.957. The minimum Gasteiger partial charge on any atom is -0.367 e. The molecule has 4 nitrogen and oxygen atoms in total. The smallest absolute Gasteiger partial charge is 0.137 e. The van der Waals surface area contributed by atoms with Crippen LogP contribution in [0.5, 0.6) is 0 Å². The van der Waals surface area contributed by atoms with Gasteiger partial charge in [-0.15, -0.1) is 0 Å². The van der Waals surface area contributed by atoms with Gasteiger partial charge in [-0.2, -0.15) is 0 Å². The summed E-state index contributed by atoms with van der Waals surface area (Å²) in [4.78, 5) is 8.78. The molecule has 1 aliphatic carbocycles. The monoisotopic (exact) mass is 332 g/mol. The van der Waals surface area contributed by atoms with Gasteiger partial charge in [0.15, 0.2) is 0 Å². The molecule has 1 saturated heterocycles. The Labute approximate surface area is 126 Å². The summed E-state index contributed by atoms with van der Waals surface area (Å²) in [6.45, 7) is 1.10. The van der Waals surface area contributed by atoms with Crippen LogP contribution in [-0.2, 0) is 0 Å². The average molecular weight is 333 g/mol. The van der Waals surface area contributed by atoms with Crippen LogP contribution in [0.2, 0.25) is 0 Å².